The Kier molecular flexibility index (Phi) is 8.68. The second kappa shape index (κ2) is 11.5. The van der Waals surface area contributed by atoms with Gasteiger partial charge in [-0.3, -0.25) is 4.79 Å². The Labute approximate surface area is 209 Å². The largest absolute Gasteiger partial charge is 0.378 e. The third-order valence-corrected chi connectivity index (χ3v) is 7.17. The molecule has 0 saturated heterocycles. The summed E-state index contributed by atoms with van der Waals surface area (Å²) < 4.78 is 27.6. The number of nitrogens with zero attached hydrogens (tertiary/aromatic N) is 3. The Morgan fingerprint density at radius 2 is 1.47 bits per heavy atom. The van der Waals surface area contributed by atoms with Gasteiger partial charge in [0.05, 0.1) is 17.7 Å². The minimum atomic E-state index is -3.99. The van der Waals surface area contributed by atoms with Crippen LogP contribution in [0.15, 0.2) is 82.8 Å². The predicted molar refractivity (Wildman–Crippen MR) is 137 cm³/mol. The van der Waals surface area contributed by atoms with E-state index < -0.39 is 22.5 Å². The molecule has 0 atom stereocenters. The maximum Gasteiger partial charge on any atom is 0.255 e. The molecule has 0 heterocycles. The van der Waals surface area contributed by atoms with E-state index in [9.17, 15) is 13.2 Å². The quantitative estimate of drug-likeness (QED) is 0.336. The van der Waals surface area contributed by atoms with E-state index in [1.165, 1.54) is 30.5 Å². The molecule has 0 saturated carbocycles. The Hall–Kier alpha value is -2.91. The lowest BCUT2D eigenvalue weighted by Crippen LogP contribution is -2.39. The van der Waals surface area contributed by atoms with Crippen LogP contribution in [0.3, 0.4) is 0 Å². The molecular weight excluding hydrogens is 495 g/mol. The van der Waals surface area contributed by atoms with Crippen LogP contribution >= 0.6 is 23.2 Å². The first kappa shape index (κ1) is 25.7. The summed E-state index contributed by atoms with van der Waals surface area (Å²) in [6.45, 7) is -0.449. The second-order valence-corrected chi connectivity index (χ2v) is 10.4. The number of anilines is 1. The van der Waals surface area contributed by atoms with Gasteiger partial charge in [-0.15, -0.1) is 0 Å². The Bertz CT molecular complexity index is 1240. The van der Waals surface area contributed by atoms with Crippen LogP contribution in [0.1, 0.15) is 11.1 Å². The monoisotopic (exact) mass is 518 g/mol. The first-order chi connectivity index (χ1) is 16.1. The zero-order valence-electron chi connectivity index (χ0n) is 18.7. The molecule has 0 fully saturated rings. The van der Waals surface area contributed by atoms with E-state index >= 15 is 0 Å². The molecular formula is C24H24Cl2N4O3S. The van der Waals surface area contributed by atoms with Crippen molar-refractivity contribution in [3.8, 4) is 0 Å². The van der Waals surface area contributed by atoms with E-state index in [-0.39, 0.29) is 11.4 Å². The summed E-state index contributed by atoms with van der Waals surface area (Å²) in [6.07, 6.45) is 1.49. The molecule has 34 heavy (non-hydrogen) atoms. The van der Waals surface area contributed by atoms with E-state index in [1.807, 2.05) is 43.3 Å². The van der Waals surface area contributed by atoms with Gasteiger partial charge in [0, 0.05) is 36.4 Å². The molecule has 10 heteroatoms. The summed E-state index contributed by atoms with van der Waals surface area (Å²) in [7, 11) is -0.104. The number of carbonyl (C=O) groups excluding carboxylic acids is 1. The number of amides is 1. The maximum absolute atomic E-state index is 13.3. The number of benzene rings is 3. The first-order valence-electron chi connectivity index (χ1n) is 10.2. The standard InChI is InChI=1S/C24H24Cl2N4O3S/c1-29(2)22-11-5-18(6-12-22)15-27-28-24(31)17-30(16-19-3-7-20(25)8-4-19)34(32,33)23-13-9-21(26)10-14-23/h3-15H,16-17H2,1-2H3,(H,28,31)/b27-15-. The molecule has 0 aliphatic rings. The van der Waals surface area contributed by atoms with Gasteiger partial charge >= 0.3 is 0 Å². The number of carbonyl (C=O) groups is 1. The minimum Gasteiger partial charge on any atom is -0.378 e. The summed E-state index contributed by atoms with van der Waals surface area (Å²) in [4.78, 5) is 14.6. The van der Waals surface area contributed by atoms with Crippen LogP contribution in [0, 0.1) is 0 Å². The number of rotatable bonds is 9. The molecule has 0 radical (unpaired) electrons. The highest BCUT2D eigenvalue weighted by Gasteiger charge is 2.27. The molecule has 3 rings (SSSR count). The molecule has 0 aliphatic carbocycles. The van der Waals surface area contributed by atoms with Gasteiger partial charge < -0.3 is 4.90 Å². The van der Waals surface area contributed by atoms with Crippen LogP contribution in [0.25, 0.3) is 0 Å². The van der Waals surface area contributed by atoms with E-state index in [2.05, 4.69) is 10.5 Å². The van der Waals surface area contributed by atoms with E-state index in [4.69, 9.17) is 23.2 Å². The van der Waals surface area contributed by atoms with Gasteiger partial charge in [-0.2, -0.15) is 9.41 Å². The van der Waals surface area contributed by atoms with Crippen molar-refractivity contribution in [2.75, 3.05) is 25.5 Å². The van der Waals surface area contributed by atoms with Crippen LogP contribution in [-0.2, 0) is 21.4 Å². The Morgan fingerprint density at radius 1 is 0.912 bits per heavy atom. The molecule has 1 N–H and O–H groups in total. The highest BCUT2D eigenvalue weighted by Crippen LogP contribution is 2.21. The minimum absolute atomic E-state index is 0.0226. The number of hydrogen-bond donors (Lipinski definition) is 1. The van der Waals surface area contributed by atoms with Gasteiger partial charge in [0.2, 0.25) is 10.0 Å². The summed E-state index contributed by atoms with van der Waals surface area (Å²) >= 11 is 11.8. The van der Waals surface area contributed by atoms with Crippen molar-refractivity contribution in [3.63, 3.8) is 0 Å². The molecule has 1 amide bonds. The third-order valence-electron chi connectivity index (χ3n) is 4.86. The third kappa shape index (κ3) is 7.04. The topological polar surface area (TPSA) is 82.1 Å². The van der Waals surface area contributed by atoms with Crippen molar-refractivity contribution in [2.45, 2.75) is 11.4 Å². The van der Waals surface area contributed by atoms with Crippen LogP contribution in [0.4, 0.5) is 5.69 Å². The smallest absolute Gasteiger partial charge is 0.255 e. The summed E-state index contributed by atoms with van der Waals surface area (Å²) in [5, 5.41) is 4.90. The van der Waals surface area contributed by atoms with Crippen molar-refractivity contribution in [1.82, 2.24) is 9.73 Å². The van der Waals surface area contributed by atoms with E-state index in [0.29, 0.717) is 15.6 Å². The molecule has 3 aromatic carbocycles. The van der Waals surface area contributed by atoms with Crippen molar-refractivity contribution < 1.29 is 13.2 Å². The molecule has 0 spiro atoms. The fourth-order valence-electron chi connectivity index (χ4n) is 3.01. The highest BCUT2D eigenvalue weighted by molar-refractivity contribution is 7.89. The fourth-order valence-corrected chi connectivity index (χ4v) is 4.64. The molecule has 7 nitrogen and oxygen atoms in total. The SMILES string of the molecule is CN(C)c1ccc(/C=N\NC(=O)CN(Cc2ccc(Cl)cc2)S(=O)(=O)c2ccc(Cl)cc2)cc1. The number of hydrazone groups is 1. The van der Waals surface area contributed by atoms with Crippen LogP contribution in [0.5, 0.6) is 0 Å². The molecule has 0 aliphatic heterocycles. The first-order valence-corrected chi connectivity index (χ1v) is 12.4. The summed E-state index contributed by atoms with van der Waals surface area (Å²) in [5.41, 5.74) is 4.90. The van der Waals surface area contributed by atoms with Crippen molar-refractivity contribution in [1.29, 1.82) is 0 Å². The fraction of sp³-hybridized carbons (Fsp3) is 0.167. The lowest BCUT2D eigenvalue weighted by Gasteiger charge is -2.21. The van der Waals surface area contributed by atoms with Gasteiger partial charge in [-0.05, 0) is 59.7 Å². The zero-order chi connectivity index (χ0) is 24.7. The molecule has 178 valence electrons. The van der Waals surface area contributed by atoms with Crippen molar-refractivity contribution in [2.24, 2.45) is 5.10 Å². The Morgan fingerprint density at radius 3 is 2.03 bits per heavy atom. The van der Waals surface area contributed by atoms with Gasteiger partial charge in [0.1, 0.15) is 0 Å². The van der Waals surface area contributed by atoms with E-state index in [0.717, 1.165) is 15.6 Å². The molecule has 0 unspecified atom stereocenters. The highest BCUT2D eigenvalue weighted by atomic mass is 35.5. The number of sulfonamides is 1. The average Bonchev–Trinajstić information content (AvgIpc) is 2.80. The summed E-state index contributed by atoms with van der Waals surface area (Å²) in [5.74, 6) is -0.576. The van der Waals surface area contributed by atoms with Crippen LogP contribution < -0.4 is 10.3 Å². The van der Waals surface area contributed by atoms with Gasteiger partial charge in [-0.1, -0.05) is 47.5 Å². The number of halogens is 2. The predicted octanol–water partition coefficient (Wildman–Crippen LogP) is 4.40. The van der Waals surface area contributed by atoms with Crippen molar-refractivity contribution >= 4 is 51.0 Å². The second-order valence-electron chi connectivity index (χ2n) is 7.63. The molecule has 3 aromatic rings. The maximum atomic E-state index is 13.3. The van der Waals surface area contributed by atoms with Gasteiger partial charge in [0.15, 0.2) is 0 Å². The van der Waals surface area contributed by atoms with Gasteiger partial charge in [0.25, 0.3) is 5.91 Å². The molecule has 0 bridgehead atoms. The normalized spacial score (nSPS) is 11.7. The average molecular weight is 519 g/mol. The van der Waals surface area contributed by atoms with Gasteiger partial charge in [-0.25, -0.2) is 13.8 Å². The summed E-state index contributed by atoms with van der Waals surface area (Å²) in [6, 6.07) is 20.1. The van der Waals surface area contributed by atoms with Crippen molar-refractivity contribution in [3.05, 3.63) is 94.0 Å². The molecule has 0 aromatic heterocycles. The van der Waals surface area contributed by atoms with Crippen LogP contribution in [-0.4, -0.2) is 45.5 Å². The zero-order valence-corrected chi connectivity index (χ0v) is 21.0. The Balaban J connectivity index is 1.75. The number of nitrogens with one attached hydrogen (secondary N) is 1. The lowest BCUT2D eigenvalue weighted by molar-refractivity contribution is -0.121. The number of hydrogen-bond acceptors (Lipinski definition) is 5. The van der Waals surface area contributed by atoms with E-state index in [1.54, 1.807) is 24.3 Å². The lowest BCUT2D eigenvalue weighted by atomic mass is 10.2. The van der Waals surface area contributed by atoms with Crippen LogP contribution in [0.2, 0.25) is 10.0 Å².